The minimum Gasteiger partial charge on any atom is -0.354 e. The molecule has 0 spiro atoms. The second kappa shape index (κ2) is 8.14. The number of carbonyl (C=O) groups is 1. The van der Waals surface area contributed by atoms with E-state index in [0.717, 1.165) is 16.3 Å². The van der Waals surface area contributed by atoms with Crippen LogP contribution in [0.5, 0.6) is 0 Å². The number of para-hydroxylation sites is 1. The van der Waals surface area contributed by atoms with E-state index in [4.69, 9.17) is 0 Å². The molecule has 1 N–H and O–H groups in total. The summed E-state index contributed by atoms with van der Waals surface area (Å²) in [5.74, 6) is 0.115. The maximum absolute atomic E-state index is 13.2. The summed E-state index contributed by atoms with van der Waals surface area (Å²) in [5.41, 5.74) is 2.37. The van der Waals surface area contributed by atoms with Crippen LogP contribution in [0.3, 0.4) is 0 Å². The molecule has 4 rings (SSSR count). The highest BCUT2D eigenvalue weighted by molar-refractivity contribution is 6.08. The molecular formula is C24H26N4O2. The van der Waals surface area contributed by atoms with Gasteiger partial charge >= 0.3 is 0 Å². The van der Waals surface area contributed by atoms with Crippen molar-refractivity contribution in [3.05, 3.63) is 76.7 Å². The number of hydrogen-bond acceptors (Lipinski definition) is 3. The molecule has 0 unspecified atom stereocenters. The molecule has 0 aliphatic heterocycles. The average molecular weight is 402 g/mol. The third kappa shape index (κ3) is 3.38. The second-order valence-electron chi connectivity index (χ2n) is 7.70. The van der Waals surface area contributed by atoms with Gasteiger partial charge < -0.3 is 9.88 Å². The van der Waals surface area contributed by atoms with Gasteiger partial charge in [0.1, 0.15) is 11.6 Å². The van der Waals surface area contributed by atoms with Gasteiger partial charge in [-0.3, -0.25) is 9.59 Å². The van der Waals surface area contributed by atoms with Crippen LogP contribution in [0.4, 0.5) is 0 Å². The number of aryl methyl sites for hydroxylation is 1. The quantitative estimate of drug-likeness (QED) is 0.534. The topological polar surface area (TPSA) is 68.9 Å². The van der Waals surface area contributed by atoms with Crippen molar-refractivity contribution in [3.63, 3.8) is 0 Å². The Morgan fingerprint density at radius 1 is 1.07 bits per heavy atom. The van der Waals surface area contributed by atoms with Crippen LogP contribution in [-0.2, 0) is 11.8 Å². The SMILES string of the molecule is CC[C@@H](C(=O)NC[C@@H](C)c1ccccc1)n1c2ccccc2c2cnn(C)c(=O)c21. The Labute approximate surface area is 175 Å². The minimum atomic E-state index is -0.481. The lowest BCUT2D eigenvalue weighted by atomic mass is 10.0. The molecule has 6 heteroatoms. The lowest BCUT2D eigenvalue weighted by molar-refractivity contribution is -0.124. The van der Waals surface area contributed by atoms with E-state index in [9.17, 15) is 9.59 Å². The highest BCUT2D eigenvalue weighted by Gasteiger charge is 2.25. The Morgan fingerprint density at radius 2 is 1.77 bits per heavy atom. The van der Waals surface area contributed by atoms with Crippen molar-refractivity contribution < 1.29 is 4.79 Å². The molecule has 4 aromatic rings. The van der Waals surface area contributed by atoms with Gasteiger partial charge in [-0.1, -0.05) is 62.4 Å². The summed E-state index contributed by atoms with van der Waals surface area (Å²) in [6, 6.07) is 17.4. The molecule has 0 aliphatic carbocycles. The molecule has 0 fully saturated rings. The zero-order valence-electron chi connectivity index (χ0n) is 17.5. The first-order chi connectivity index (χ1) is 14.5. The van der Waals surface area contributed by atoms with E-state index in [-0.39, 0.29) is 17.4 Å². The number of fused-ring (bicyclic) bond motifs is 3. The first-order valence-electron chi connectivity index (χ1n) is 10.3. The largest absolute Gasteiger partial charge is 0.354 e. The van der Waals surface area contributed by atoms with Crippen molar-refractivity contribution in [2.45, 2.75) is 32.2 Å². The Bertz CT molecular complexity index is 1260. The zero-order chi connectivity index (χ0) is 21.3. The van der Waals surface area contributed by atoms with Crippen LogP contribution in [0.15, 0.2) is 65.6 Å². The molecular weight excluding hydrogens is 376 g/mol. The first-order valence-corrected chi connectivity index (χ1v) is 10.3. The molecule has 6 nitrogen and oxygen atoms in total. The van der Waals surface area contributed by atoms with Crippen molar-refractivity contribution in [2.75, 3.05) is 6.54 Å². The summed E-state index contributed by atoms with van der Waals surface area (Å²) in [4.78, 5) is 26.2. The van der Waals surface area contributed by atoms with Crippen LogP contribution in [0.1, 0.15) is 37.8 Å². The minimum absolute atomic E-state index is 0.0817. The Kier molecular flexibility index (Phi) is 5.40. The van der Waals surface area contributed by atoms with Gasteiger partial charge in [0, 0.05) is 24.4 Å². The number of amides is 1. The van der Waals surface area contributed by atoms with Gasteiger partial charge in [0.25, 0.3) is 5.56 Å². The molecule has 2 heterocycles. The number of carbonyl (C=O) groups excluding carboxylic acids is 1. The summed E-state index contributed by atoms with van der Waals surface area (Å²) in [6.45, 7) is 4.60. The van der Waals surface area contributed by atoms with Crippen LogP contribution >= 0.6 is 0 Å². The standard InChI is InChI=1S/C24H26N4O2/c1-4-20(23(29)25-14-16(2)17-10-6-5-7-11-17)28-21-13-9-8-12-18(21)19-15-26-27(3)24(30)22(19)28/h5-13,15-16,20H,4,14H2,1-3H3,(H,25,29)/t16-,20+/m1/s1. The summed E-state index contributed by atoms with van der Waals surface area (Å²) in [6.07, 6.45) is 2.28. The first kappa shape index (κ1) is 19.9. The van der Waals surface area contributed by atoms with Gasteiger partial charge in [-0.25, -0.2) is 4.68 Å². The third-order valence-electron chi connectivity index (χ3n) is 5.76. The molecule has 0 bridgehead atoms. The summed E-state index contributed by atoms with van der Waals surface area (Å²) < 4.78 is 3.21. The van der Waals surface area contributed by atoms with Crippen molar-refractivity contribution >= 4 is 27.7 Å². The molecule has 2 atom stereocenters. The van der Waals surface area contributed by atoms with Crippen LogP contribution in [0, 0.1) is 0 Å². The monoisotopic (exact) mass is 402 g/mol. The van der Waals surface area contributed by atoms with E-state index in [1.807, 2.05) is 54.0 Å². The van der Waals surface area contributed by atoms with Gasteiger partial charge in [0.05, 0.1) is 11.7 Å². The van der Waals surface area contributed by atoms with Gasteiger partial charge in [0.2, 0.25) is 5.91 Å². The number of rotatable bonds is 6. The molecule has 30 heavy (non-hydrogen) atoms. The predicted octanol–water partition coefficient (Wildman–Crippen LogP) is 3.76. The fraction of sp³-hybridized carbons (Fsp3) is 0.292. The maximum atomic E-state index is 13.2. The van der Waals surface area contributed by atoms with Crippen molar-refractivity contribution in [3.8, 4) is 0 Å². The molecule has 2 aromatic carbocycles. The number of hydrogen-bond donors (Lipinski definition) is 1. The smallest absolute Gasteiger partial charge is 0.291 e. The molecule has 0 saturated heterocycles. The highest BCUT2D eigenvalue weighted by Crippen LogP contribution is 2.30. The van der Waals surface area contributed by atoms with Crippen molar-refractivity contribution in [2.24, 2.45) is 7.05 Å². The Hall–Kier alpha value is -3.41. The Morgan fingerprint density at radius 3 is 2.50 bits per heavy atom. The number of benzene rings is 2. The summed E-state index contributed by atoms with van der Waals surface area (Å²) >= 11 is 0. The number of nitrogens with one attached hydrogen (secondary N) is 1. The number of aromatic nitrogens is 3. The molecule has 2 aromatic heterocycles. The predicted molar refractivity (Wildman–Crippen MR) is 120 cm³/mol. The third-order valence-corrected chi connectivity index (χ3v) is 5.76. The Balaban J connectivity index is 1.73. The molecule has 0 radical (unpaired) electrons. The fourth-order valence-electron chi connectivity index (χ4n) is 4.07. The van der Waals surface area contributed by atoms with Crippen LogP contribution < -0.4 is 10.9 Å². The molecule has 0 saturated carbocycles. The zero-order valence-corrected chi connectivity index (χ0v) is 17.5. The lowest BCUT2D eigenvalue weighted by Gasteiger charge is -2.21. The van der Waals surface area contributed by atoms with Crippen molar-refractivity contribution in [1.29, 1.82) is 0 Å². The normalized spacial score (nSPS) is 13.4. The van der Waals surface area contributed by atoms with E-state index in [1.165, 1.54) is 10.2 Å². The highest BCUT2D eigenvalue weighted by atomic mass is 16.2. The van der Waals surface area contributed by atoms with Gasteiger partial charge in [0.15, 0.2) is 0 Å². The van der Waals surface area contributed by atoms with Crippen molar-refractivity contribution in [1.82, 2.24) is 19.7 Å². The molecule has 154 valence electrons. The van der Waals surface area contributed by atoms with E-state index >= 15 is 0 Å². The van der Waals surface area contributed by atoms with Crippen LogP contribution in [-0.4, -0.2) is 26.8 Å². The number of nitrogens with zero attached hydrogens (tertiary/aromatic N) is 3. The molecule has 1 amide bonds. The lowest BCUT2D eigenvalue weighted by Crippen LogP contribution is -2.35. The van der Waals surface area contributed by atoms with Gasteiger partial charge in [-0.2, -0.15) is 5.10 Å². The van der Waals surface area contributed by atoms with Gasteiger partial charge in [-0.05, 0) is 24.0 Å². The maximum Gasteiger partial charge on any atom is 0.291 e. The van der Waals surface area contributed by atoms with E-state index < -0.39 is 6.04 Å². The van der Waals surface area contributed by atoms with E-state index in [0.29, 0.717) is 18.5 Å². The van der Waals surface area contributed by atoms with E-state index in [2.05, 4.69) is 29.5 Å². The fourth-order valence-corrected chi connectivity index (χ4v) is 4.07. The second-order valence-corrected chi connectivity index (χ2v) is 7.70. The van der Waals surface area contributed by atoms with E-state index in [1.54, 1.807) is 13.2 Å². The summed E-state index contributed by atoms with van der Waals surface area (Å²) in [5, 5.41) is 8.99. The average Bonchev–Trinajstić information content (AvgIpc) is 3.11. The molecule has 0 aliphatic rings. The summed E-state index contributed by atoms with van der Waals surface area (Å²) in [7, 11) is 1.63. The van der Waals surface area contributed by atoms with Gasteiger partial charge in [-0.15, -0.1) is 0 Å². The van der Waals surface area contributed by atoms with Crippen LogP contribution in [0.2, 0.25) is 0 Å². The van der Waals surface area contributed by atoms with Crippen LogP contribution in [0.25, 0.3) is 21.8 Å².